The number of benzene rings is 1. The van der Waals surface area contributed by atoms with Gasteiger partial charge in [0.2, 0.25) is 0 Å². The first-order valence-electron chi connectivity index (χ1n) is 6.36. The number of aliphatic hydroxyl groups is 1. The van der Waals surface area contributed by atoms with Crippen LogP contribution in [-0.4, -0.2) is 35.7 Å². The highest BCUT2D eigenvalue weighted by molar-refractivity contribution is 5.82. The molecular weight excluding hydrogens is 246 g/mol. The number of piperidine rings is 1. The van der Waals surface area contributed by atoms with E-state index in [0.29, 0.717) is 19.4 Å². The van der Waals surface area contributed by atoms with Gasteiger partial charge in [-0.15, -0.1) is 0 Å². The fourth-order valence-electron chi connectivity index (χ4n) is 2.01. The number of ether oxygens (including phenoxy) is 1. The molecule has 5 nitrogen and oxygen atoms in total. The number of carbonyl (C=O) groups excluding carboxylic acids is 2. The second-order valence-electron chi connectivity index (χ2n) is 4.54. The van der Waals surface area contributed by atoms with Crippen molar-refractivity contribution in [2.24, 2.45) is 0 Å². The molecule has 0 spiro atoms. The topological polar surface area (TPSA) is 75.6 Å². The van der Waals surface area contributed by atoms with Crippen molar-refractivity contribution < 1.29 is 19.4 Å². The van der Waals surface area contributed by atoms with Gasteiger partial charge in [-0.1, -0.05) is 30.3 Å². The molecule has 2 atom stereocenters. The summed E-state index contributed by atoms with van der Waals surface area (Å²) in [5, 5.41) is 12.1. The van der Waals surface area contributed by atoms with Crippen LogP contribution in [0.25, 0.3) is 0 Å². The van der Waals surface area contributed by atoms with Gasteiger partial charge in [0.25, 0.3) is 5.91 Å². The van der Waals surface area contributed by atoms with Crippen molar-refractivity contribution >= 4 is 11.9 Å². The second kappa shape index (κ2) is 6.33. The minimum absolute atomic E-state index is 0.245. The van der Waals surface area contributed by atoms with Crippen LogP contribution in [0.4, 0.5) is 0 Å². The highest BCUT2D eigenvalue weighted by Gasteiger charge is 2.32. The van der Waals surface area contributed by atoms with Crippen molar-refractivity contribution in [1.82, 2.24) is 5.32 Å². The number of nitrogens with one attached hydrogen (secondary N) is 1. The number of carbonyl (C=O) groups is 2. The number of amides is 1. The van der Waals surface area contributed by atoms with E-state index in [1.165, 1.54) is 0 Å². The average Bonchev–Trinajstić information content (AvgIpc) is 2.43. The molecule has 0 saturated carbocycles. The molecule has 5 heteroatoms. The zero-order valence-electron chi connectivity index (χ0n) is 10.5. The molecule has 1 saturated heterocycles. The van der Waals surface area contributed by atoms with Gasteiger partial charge in [0.15, 0.2) is 6.10 Å². The maximum absolute atomic E-state index is 11.7. The average molecular weight is 263 g/mol. The molecule has 102 valence electrons. The summed E-state index contributed by atoms with van der Waals surface area (Å²) in [5.74, 6) is -0.866. The van der Waals surface area contributed by atoms with E-state index in [1.807, 2.05) is 30.3 Å². The quantitative estimate of drug-likeness (QED) is 0.772. The third kappa shape index (κ3) is 3.79. The fourth-order valence-corrected chi connectivity index (χ4v) is 2.01. The molecule has 0 aromatic heterocycles. The summed E-state index contributed by atoms with van der Waals surface area (Å²) >= 11 is 0. The van der Waals surface area contributed by atoms with E-state index in [1.54, 1.807) is 0 Å². The van der Waals surface area contributed by atoms with E-state index in [0.717, 1.165) is 5.56 Å². The van der Waals surface area contributed by atoms with Crippen molar-refractivity contribution in [2.75, 3.05) is 6.54 Å². The van der Waals surface area contributed by atoms with Crippen LogP contribution in [0, 0.1) is 0 Å². The Kier molecular flexibility index (Phi) is 4.52. The Bertz CT molecular complexity index is 446. The smallest absolute Gasteiger partial charge is 0.306 e. The van der Waals surface area contributed by atoms with Gasteiger partial charge < -0.3 is 15.2 Å². The highest BCUT2D eigenvalue weighted by Crippen LogP contribution is 2.11. The summed E-state index contributed by atoms with van der Waals surface area (Å²) in [6.45, 7) is 0.423. The predicted molar refractivity (Wildman–Crippen MR) is 68.3 cm³/mol. The molecule has 1 heterocycles. The third-order valence-electron chi connectivity index (χ3n) is 3.09. The lowest BCUT2D eigenvalue weighted by Crippen LogP contribution is -2.50. The first-order chi connectivity index (χ1) is 9.16. The molecule has 1 aliphatic heterocycles. The summed E-state index contributed by atoms with van der Waals surface area (Å²) in [6.07, 6.45) is -0.695. The summed E-state index contributed by atoms with van der Waals surface area (Å²) in [6, 6.07) is 9.62. The van der Waals surface area contributed by atoms with E-state index in [4.69, 9.17) is 4.74 Å². The van der Waals surface area contributed by atoms with E-state index < -0.39 is 18.1 Å². The van der Waals surface area contributed by atoms with Crippen LogP contribution < -0.4 is 5.32 Å². The molecule has 1 aromatic rings. The predicted octanol–water partition coefficient (Wildman–Crippen LogP) is 0.412. The molecule has 19 heavy (non-hydrogen) atoms. The van der Waals surface area contributed by atoms with Crippen molar-refractivity contribution in [2.45, 2.75) is 31.5 Å². The van der Waals surface area contributed by atoms with Crippen LogP contribution in [0.5, 0.6) is 0 Å². The highest BCUT2D eigenvalue weighted by atomic mass is 16.6. The Labute approximate surface area is 111 Å². The van der Waals surface area contributed by atoms with Crippen molar-refractivity contribution in [3.8, 4) is 0 Å². The van der Waals surface area contributed by atoms with Crippen LogP contribution >= 0.6 is 0 Å². The lowest BCUT2D eigenvalue weighted by Gasteiger charge is -2.27. The van der Waals surface area contributed by atoms with Gasteiger partial charge in [-0.05, 0) is 12.0 Å². The van der Waals surface area contributed by atoms with E-state index in [-0.39, 0.29) is 12.4 Å². The lowest BCUT2D eigenvalue weighted by molar-refractivity contribution is -0.161. The number of aliphatic hydroxyl groups excluding tert-OH is 1. The van der Waals surface area contributed by atoms with Gasteiger partial charge >= 0.3 is 5.97 Å². The SMILES string of the molecule is O=C(CCc1ccccc1)OC1CCNC(=O)C1O. The molecule has 0 aliphatic carbocycles. The van der Waals surface area contributed by atoms with Crippen LogP contribution in [0.15, 0.2) is 30.3 Å². The summed E-state index contributed by atoms with van der Waals surface area (Å²) in [4.78, 5) is 22.9. The largest absolute Gasteiger partial charge is 0.459 e. The molecule has 1 amide bonds. The molecule has 0 radical (unpaired) electrons. The van der Waals surface area contributed by atoms with Gasteiger partial charge in [-0.3, -0.25) is 9.59 Å². The van der Waals surface area contributed by atoms with Crippen molar-refractivity contribution in [3.63, 3.8) is 0 Å². The van der Waals surface area contributed by atoms with E-state index in [2.05, 4.69) is 5.32 Å². The first-order valence-corrected chi connectivity index (χ1v) is 6.36. The number of hydrogen-bond acceptors (Lipinski definition) is 4. The lowest BCUT2D eigenvalue weighted by atomic mass is 10.1. The fraction of sp³-hybridized carbons (Fsp3) is 0.429. The Morgan fingerprint density at radius 2 is 2.11 bits per heavy atom. The zero-order chi connectivity index (χ0) is 13.7. The Hall–Kier alpha value is -1.88. The van der Waals surface area contributed by atoms with E-state index in [9.17, 15) is 14.7 Å². The third-order valence-corrected chi connectivity index (χ3v) is 3.09. The van der Waals surface area contributed by atoms with Crippen LogP contribution in [0.3, 0.4) is 0 Å². The van der Waals surface area contributed by atoms with Crippen LogP contribution in [0.2, 0.25) is 0 Å². The molecule has 2 N–H and O–H groups in total. The summed E-state index contributed by atoms with van der Waals surface area (Å²) in [5.41, 5.74) is 1.06. The van der Waals surface area contributed by atoms with Gasteiger partial charge in [-0.2, -0.15) is 0 Å². The minimum atomic E-state index is -1.26. The summed E-state index contributed by atoms with van der Waals surface area (Å²) in [7, 11) is 0. The molecule has 1 aromatic carbocycles. The Morgan fingerprint density at radius 3 is 2.84 bits per heavy atom. The molecule has 2 rings (SSSR count). The summed E-state index contributed by atoms with van der Waals surface area (Å²) < 4.78 is 5.15. The maximum Gasteiger partial charge on any atom is 0.306 e. The molecular formula is C14H17NO4. The Balaban J connectivity index is 1.79. The molecule has 1 fully saturated rings. The standard InChI is InChI=1S/C14H17NO4/c16-12(7-6-10-4-2-1-3-5-10)19-11-8-9-15-14(18)13(11)17/h1-5,11,13,17H,6-9H2,(H,15,18). The number of hydrogen-bond donors (Lipinski definition) is 2. The van der Waals surface area contributed by atoms with Crippen LogP contribution in [-0.2, 0) is 20.7 Å². The molecule has 1 aliphatic rings. The van der Waals surface area contributed by atoms with Crippen LogP contribution in [0.1, 0.15) is 18.4 Å². The van der Waals surface area contributed by atoms with Gasteiger partial charge in [-0.25, -0.2) is 0 Å². The van der Waals surface area contributed by atoms with Gasteiger partial charge in [0, 0.05) is 19.4 Å². The van der Waals surface area contributed by atoms with Gasteiger partial charge in [0.1, 0.15) is 6.10 Å². The monoisotopic (exact) mass is 263 g/mol. The second-order valence-corrected chi connectivity index (χ2v) is 4.54. The Morgan fingerprint density at radius 1 is 1.37 bits per heavy atom. The number of rotatable bonds is 4. The normalized spacial score (nSPS) is 22.7. The molecule has 2 unspecified atom stereocenters. The first kappa shape index (κ1) is 13.5. The van der Waals surface area contributed by atoms with Crippen molar-refractivity contribution in [1.29, 1.82) is 0 Å². The zero-order valence-corrected chi connectivity index (χ0v) is 10.5. The maximum atomic E-state index is 11.7. The number of aryl methyl sites for hydroxylation is 1. The van der Waals surface area contributed by atoms with Crippen molar-refractivity contribution in [3.05, 3.63) is 35.9 Å². The molecule has 0 bridgehead atoms. The van der Waals surface area contributed by atoms with Gasteiger partial charge in [0.05, 0.1) is 0 Å². The minimum Gasteiger partial charge on any atom is -0.459 e. The van der Waals surface area contributed by atoms with E-state index >= 15 is 0 Å². The number of esters is 1.